The molecule has 0 bridgehead atoms. The highest BCUT2D eigenvalue weighted by molar-refractivity contribution is 7.00. The number of methoxy groups -OCH3 is 2. The van der Waals surface area contributed by atoms with E-state index in [1.165, 1.54) is 10.4 Å². The Kier molecular flexibility index (Phi) is 7.45. The van der Waals surface area contributed by atoms with Crippen LogP contribution in [0.5, 0.6) is 6.01 Å². The van der Waals surface area contributed by atoms with Crippen LogP contribution in [0.25, 0.3) is 11.1 Å². The molecule has 0 aliphatic heterocycles. The van der Waals surface area contributed by atoms with Crippen LogP contribution in [-0.2, 0) is 9.47 Å². The van der Waals surface area contributed by atoms with Gasteiger partial charge in [0.05, 0.1) is 0 Å². The van der Waals surface area contributed by atoms with Gasteiger partial charge in [0, 0.05) is 37.7 Å². The van der Waals surface area contributed by atoms with E-state index < -0.39 is 8.32 Å². The minimum Gasteiger partial charge on any atom is -0.507 e. The van der Waals surface area contributed by atoms with E-state index in [9.17, 15) is 0 Å². The second-order valence-electron chi connectivity index (χ2n) is 9.44. The van der Waals surface area contributed by atoms with Gasteiger partial charge in [-0.25, -0.2) is 9.97 Å². The van der Waals surface area contributed by atoms with Gasteiger partial charge in [-0.2, -0.15) is 0 Å². The summed E-state index contributed by atoms with van der Waals surface area (Å²) in [6, 6.07) is 29.4. The highest BCUT2D eigenvalue weighted by Gasteiger charge is 2.52. The Morgan fingerprint density at radius 2 is 1.14 bits per heavy atom. The molecule has 1 aromatic heterocycles. The Hall–Kier alpha value is -3.32. The van der Waals surface area contributed by atoms with Crippen molar-refractivity contribution >= 4 is 18.7 Å². The lowest BCUT2D eigenvalue weighted by molar-refractivity contribution is -0.106. The molecule has 1 heterocycles. The normalized spacial score (nSPS) is 12.1. The first-order valence-electron chi connectivity index (χ1n) is 11.7. The van der Waals surface area contributed by atoms with Gasteiger partial charge in [0.25, 0.3) is 0 Å². The van der Waals surface area contributed by atoms with Gasteiger partial charge in [-0.15, -0.1) is 0 Å². The number of nitrogens with zero attached hydrogens (tertiary/aromatic N) is 2. The maximum absolute atomic E-state index is 6.89. The summed E-state index contributed by atoms with van der Waals surface area (Å²) in [6.07, 6.45) is 3.25. The smallest absolute Gasteiger partial charge is 0.324 e. The monoisotopic (exact) mass is 484 g/mol. The van der Waals surface area contributed by atoms with E-state index in [0.29, 0.717) is 6.01 Å². The minimum absolute atomic E-state index is 0.160. The summed E-state index contributed by atoms with van der Waals surface area (Å²) >= 11 is 0. The molecule has 0 aliphatic carbocycles. The van der Waals surface area contributed by atoms with Crippen LogP contribution >= 0.6 is 0 Å². The van der Waals surface area contributed by atoms with Crippen LogP contribution < -0.4 is 14.8 Å². The van der Waals surface area contributed by atoms with Gasteiger partial charge in [-0.1, -0.05) is 106 Å². The van der Waals surface area contributed by atoms with Crippen molar-refractivity contribution in [2.75, 3.05) is 14.2 Å². The van der Waals surface area contributed by atoms with E-state index in [-0.39, 0.29) is 11.3 Å². The molecule has 180 valence electrons. The standard InChI is InChI=1S/C29H32N2O3Si/c1-29(2,3)35(25-12-8-6-9-13-25,26-14-10-7-11-15-26)34-28-30-20-24(21-31-28)22-16-18-23(19-17-22)27(32-4)33-5/h6-21,27H,1-5H3. The lowest BCUT2D eigenvalue weighted by Crippen LogP contribution is -2.69. The highest BCUT2D eigenvalue weighted by atomic mass is 28.4. The third-order valence-corrected chi connectivity index (χ3v) is 11.1. The minimum atomic E-state index is -2.77. The Labute approximate surface area is 208 Å². The lowest BCUT2D eigenvalue weighted by atomic mass is 10.1. The molecule has 35 heavy (non-hydrogen) atoms. The van der Waals surface area contributed by atoms with Crippen LogP contribution in [0.3, 0.4) is 0 Å². The fraction of sp³-hybridized carbons (Fsp3) is 0.241. The molecule has 4 aromatic rings. The first kappa shape index (κ1) is 24.8. The largest absolute Gasteiger partial charge is 0.507 e. The second kappa shape index (κ2) is 10.5. The quantitative estimate of drug-likeness (QED) is 0.248. The van der Waals surface area contributed by atoms with Gasteiger partial charge < -0.3 is 13.9 Å². The average molecular weight is 485 g/mol. The van der Waals surface area contributed by atoms with Crippen molar-refractivity contribution < 1.29 is 13.9 Å². The van der Waals surface area contributed by atoms with Crippen molar-refractivity contribution in [1.82, 2.24) is 9.97 Å². The predicted molar refractivity (Wildman–Crippen MR) is 142 cm³/mol. The first-order valence-corrected chi connectivity index (χ1v) is 13.6. The third-order valence-electron chi connectivity index (χ3n) is 6.23. The summed E-state index contributed by atoms with van der Waals surface area (Å²) in [5, 5.41) is 2.22. The van der Waals surface area contributed by atoms with E-state index in [1.807, 2.05) is 48.8 Å². The Morgan fingerprint density at radius 1 is 0.657 bits per heavy atom. The molecule has 0 fully saturated rings. The molecule has 0 saturated carbocycles. The molecule has 0 aliphatic rings. The van der Waals surface area contributed by atoms with Crippen molar-refractivity contribution in [3.63, 3.8) is 0 Å². The lowest BCUT2D eigenvalue weighted by Gasteiger charge is -2.42. The van der Waals surface area contributed by atoms with E-state index in [2.05, 4.69) is 79.3 Å². The average Bonchev–Trinajstić information content (AvgIpc) is 2.89. The number of hydrogen-bond acceptors (Lipinski definition) is 5. The number of benzene rings is 3. The molecule has 0 atom stereocenters. The Bertz CT molecular complexity index is 1170. The summed E-state index contributed by atoms with van der Waals surface area (Å²) < 4.78 is 17.6. The van der Waals surface area contributed by atoms with Crippen molar-refractivity contribution in [2.45, 2.75) is 32.1 Å². The van der Waals surface area contributed by atoms with Crippen molar-refractivity contribution in [3.8, 4) is 17.1 Å². The topological polar surface area (TPSA) is 53.5 Å². The van der Waals surface area contributed by atoms with Crippen LogP contribution in [0.1, 0.15) is 32.6 Å². The molecule has 5 nitrogen and oxygen atoms in total. The van der Waals surface area contributed by atoms with Crippen LogP contribution in [-0.4, -0.2) is 32.5 Å². The van der Waals surface area contributed by atoms with Gasteiger partial charge >= 0.3 is 14.3 Å². The van der Waals surface area contributed by atoms with Crippen molar-refractivity contribution in [1.29, 1.82) is 0 Å². The van der Waals surface area contributed by atoms with Gasteiger partial charge in [0.15, 0.2) is 6.29 Å². The summed E-state index contributed by atoms with van der Waals surface area (Å²) in [5.74, 6) is 0. The van der Waals surface area contributed by atoms with Crippen LogP contribution in [0.2, 0.25) is 5.04 Å². The zero-order chi connectivity index (χ0) is 24.9. The fourth-order valence-corrected chi connectivity index (χ4v) is 8.82. The van der Waals surface area contributed by atoms with Crippen molar-refractivity contribution in [3.05, 3.63) is 103 Å². The molecule has 0 saturated heterocycles. The Morgan fingerprint density at radius 3 is 1.57 bits per heavy atom. The maximum atomic E-state index is 6.89. The summed E-state index contributed by atoms with van der Waals surface area (Å²) in [7, 11) is 0.483. The fourth-order valence-electron chi connectivity index (χ4n) is 4.51. The van der Waals surface area contributed by atoms with Crippen molar-refractivity contribution in [2.24, 2.45) is 0 Å². The van der Waals surface area contributed by atoms with E-state index >= 15 is 0 Å². The van der Waals surface area contributed by atoms with E-state index in [0.717, 1.165) is 16.7 Å². The van der Waals surface area contributed by atoms with Crippen LogP contribution in [0.15, 0.2) is 97.3 Å². The molecule has 0 N–H and O–H groups in total. The molecule has 0 amide bonds. The molecule has 3 aromatic carbocycles. The van der Waals surface area contributed by atoms with Gasteiger partial charge in [-0.3, -0.25) is 0 Å². The zero-order valence-electron chi connectivity index (χ0n) is 20.9. The summed E-state index contributed by atoms with van der Waals surface area (Å²) in [5.41, 5.74) is 2.88. The molecule has 6 heteroatoms. The highest BCUT2D eigenvalue weighted by Crippen LogP contribution is 2.37. The van der Waals surface area contributed by atoms with E-state index in [1.54, 1.807) is 14.2 Å². The molecule has 4 rings (SSSR count). The van der Waals surface area contributed by atoms with Gasteiger partial charge in [-0.05, 0) is 21.0 Å². The van der Waals surface area contributed by atoms with Gasteiger partial charge in [0.1, 0.15) is 0 Å². The molecule has 0 spiro atoms. The maximum Gasteiger partial charge on any atom is 0.324 e. The molecule has 0 radical (unpaired) electrons. The van der Waals surface area contributed by atoms with E-state index in [4.69, 9.17) is 13.9 Å². The summed E-state index contributed by atoms with van der Waals surface area (Å²) in [4.78, 5) is 9.29. The van der Waals surface area contributed by atoms with Crippen LogP contribution in [0.4, 0.5) is 0 Å². The molecule has 0 unspecified atom stereocenters. The number of rotatable bonds is 8. The second-order valence-corrected chi connectivity index (χ2v) is 13.7. The SMILES string of the molecule is COC(OC)c1ccc(-c2cnc(O[Si](c3ccccc3)(c3ccccc3)C(C)(C)C)nc2)cc1. The molecular formula is C29H32N2O3Si. The van der Waals surface area contributed by atoms with Gasteiger partial charge in [0.2, 0.25) is 0 Å². The first-order chi connectivity index (χ1) is 16.9. The number of aromatic nitrogens is 2. The summed E-state index contributed by atoms with van der Waals surface area (Å²) in [6.45, 7) is 6.72. The zero-order valence-corrected chi connectivity index (χ0v) is 21.9. The van der Waals surface area contributed by atoms with Crippen LogP contribution in [0, 0.1) is 0 Å². The Balaban J connectivity index is 1.70. The predicted octanol–water partition coefficient (Wildman–Crippen LogP) is 5.37. The third kappa shape index (κ3) is 5.05. The molecular weight excluding hydrogens is 452 g/mol. The number of hydrogen-bond donors (Lipinski definition) is 0. The number of ether oxygens (including phenoxy) is 2.